The number of aliphatic hydroxyl groups excluding tert-OH is 1. The molecule has 1 aliphatic heterocycles. The Balaban J connectivity index is 1.88. The summed E-state index contributed by atoms with van der Waals surface area (Å²) >= 11 is 0. The Morgan fingerprint density at radius 3 is 2.45 bits per heavy atom. The van der Waals surface area contributed by atoms with Gasteiger partial charge in [0, 0.05) is 31.0 Å². The molecular formula is C22H36N2O4S. The number of aliphatic hydroxyl groups is 1. The number of piperidine rings is 1. The third-order valence-electron chi connectivity index (χ3n) is 6.10. The highest BCUT2D eigenvalue weighted by molar-refractivity contribution is 7.89. The van der Waals surface area contributed by atoms with Crippen molar-refractivity contribution in [3.63, 3.8) is 0 Å². The molecule has 0 saturated carbocycles. The molecule has 0 aromatic heterocycles. The lowest BCUT2D eigenvalue weighted by Crippen LogP contribution is -2.48. The molecule has 1 heterocycles. The van der Waals surface area contributed by atoms with Gasteiger partial charge in [0.2, 0.25) is 15.9 Å². The minimum atomic E-state index is -3.21. The number of rotatable bonds is 10. The molecule has 1 saturated heterocycles. The molecule has 0 radical (unpaired) electrons. The number of carbonyl (C=O) groups excluding carboxylic acids is 1. The van der Waals surface area contributed by atoms with E-state index in [9.17, 15) is 18.3 Å². The zero-order valence-corrected chi connectivity index (χ0v) is 18.7. The van der Waals surface area contributed by atoms with E-state index in [1.54, 1.807) is 6.92 Å². The van der Waals surface area contributed by atoms with Gasteiger partial charge in [0.15, 0.2) is 0 Å². The van der Waals surface area contributed by atoms with Crippen LogP contribution in [-0.2, 0) is 21.2 Å². The summed E-state index contributed by atoms with van der Waals surface area (Å²) in [6.45, 7) is 6.91. The zero-order chi connectivity index (χ0) is 21.5. The number of hydrogen-bond donors (Lipinski definition) is 2. The fraction of sp³-hybridized carbons (Fsp3) is 0.682. The van der Waals surface area contributed by atoms with Crippen molar-refractivity contribution in [2.75, 3.05) is 25.4 Å². The maximum atomic E-state index is 12.7. The number of benzene rings is 1. The molecule has 2 N–H and O–H groups in total. The average Bonchev–Trinajstić information content (AvgIpc) is 2.71. The maximum absolute atomic E-state index is 12.7. The second-order valence-electron chi connectivity index (χ2n) is 8.55. The Labute approximate surface area is 175 Å². The molecule has 0 spiro atoms. The first-order valence-electron chi connectivity index (χ1n) is 10.7. The molecule has 0 unspecified atom stereocenters. The molecule has 1 amide bonds. The molecule has 2 atom stereocenters. The van der Waals surface area contributed by atoms with Gasteiger partial charge < -0.3 is 10.4 Å². The zero-order valence-electron chi connectivity index (χ0n) is 17.9. The second-order valence-corrected chi connectivity index (χ2v) is 10.6. The number of unbranched alkanes of at least 4 members (excludes halogenated alkanes) is 1. The molecule has 7 heteroatoms. The molecule has 2 rings (SSSR count). The van der Waals surface area contributed by atoms with Crippen LogP contribution in [0.15, 0.2) is 30.3 Å². The summed E-state index contributed by atoms with van der Waals surface area (Å²) in [7, 11) is -3.21. The first-order valence-corrected chi connectivity index (χ1v) is 12.3. The van der Waals surface area contributed by atoms with Crippen LogP contribution in [0.25, 0.3) is 0 Å². The molecule has 1 fully saturated rings. The summed E-state index contributed by atoms with van der Waals surface area (Å²) in [5.41, 5.74) is 0.650. The minimum absolute atomic E-state index is 0.0458. The lowest BCUT2D eigenvalue weighted by atomic mass is 9.79. The van der Waals surface area contributed by atoms with Gasteiger partial charge in [0.1, 0.15) is 0 Å². The SMILES string of the molecule is CCCCS(=O)(=O)N1CCC(C(=O)NC[C@](C)(Cc2ccccc2)[C@H](C)O)CC1. The second kappa shape index (κ2) is 10.5. The van der Waals surface area contributed by atoms with E-state index in [1.165, 1.54) is 4.31 Å². The number of nitrogens with zero attached hydrogens (tertiary/aromatic N) is 1. The fourth-order valence-corrected chi connectivity index (χ4v) is 5.38. The molecule has 6 nitrogen and oxygen atoms in total. The van der Waals surface area contributed by atoms with Crippen molar-refractivity contribution < 1.29 is 18.3 Å². The van der Waals surface area contributed by atoms with E-state index in [0.717, 1.165) is 12.0 Å². The molecular weight excluding hydrogens is 388 g/mol. The third-order valence-corrected chi connectivity index (χ3v) is 8.06. The van der Waals surface area contributed by atoms with Gasteiger partial charge in [-0.25, -0.2) is 12.7 Å². The van der Waals surface area contributed by atoms with Crippen molar-refractivity contribution >= 4 is 15.9 Å². The van der Waals surface area contributed by atoms with Gasteiger partial charge in [-0.1, -0.05) is 50.6 Å². The van der Waals surface area contributed by atoms with Crippen LogP contribution in [0.1, 0.15) is 52.0 Å². The quantitative estimate of drug-likeness (QED) is 0.604. The van der Waals surface area contributed by atoms with E-state index >= 15 is 0 Å². The van der Waals surface area contributed by atoms with Crippen LogP contribution in [0.3, 0.4) is 0 Å². The lowest BCUT2D eigenvalue weighted by molar-refractivity contribution is -0.127. The van der Waals surface area contributed by atoms with Gasteiger partial charge in [-0.05, 0) is 38.2 Å². The van der Waals surface area contributed by atoms with Crippen LogP contribution in [0.5, 0.6) is 0 Å². The smallest absolute Gasteiger partial charge is 0.223 e. The van der Waals surface area contributed by atoms with Gasteiger partial charge in [-0.3, -0.25) is 4.79 Å². The van der Waals surface area contributed by atoms with Gasteiger partial charge in [-0.2, -0.15) is 0 Å². The third kappa shape index (κ3) is 6.79. The summed E-state index contributed by atoms with van der Waals surface area (Å²) < 4.78 is 26.2. The van der Waals surface area contributed by atoms with E-state index < -0.39 is 21.5 Å². The molecule has 29 heavy (non-hydrogen) atoms. The van der Waals surface area contributed by atoms with Crippen LogP contribution in [0, 0.1) is 11.3 Å². The highest BCUT2D eigenvalue weighted by atomic mass is 32.2. The lowest BCUT2D eigenvalue weighted by Gasteiger charge is -2.35. The van der Waals surface area contributed by atoms with Gasteiger partial charge in [0.05, 0.1) is 11.9 Å². The van der Waals surface area contributed by atoms with Crippen LogP contribution in [0.4, 0.5) is 0 Å². The highest BCUT2D eigenvalue weighted by Crippen LogP contribution is 2.27. The Kier molecular flexibility index (Phi) is 8.67. The Hall–Kier alpha value is -1.44. The Bertz CT molecular complexity index is 743. The summed E-state index contributed by atoms with van der Waals surface area (Å²) in [6, 6.07) is 9.95. The van der Waals surface area contributed by atoms with E-state index in [0.29, 0.717) is 45.3 Å². The summed E-state index contributed by atoms with van der Waals surface area (Å²) in [5, 5.41) is 13.3. The van der Waals surface area contributed by atoms with Crippen LogP contribution in [-0.4, -0.2) is 55.2 Å². The predicted molar refractivity (Wildman–Crippen MR) is 116 cm³/mol. The Morgan fingerprint density at radius 1 is 1.28 bits per heavy atom. The summed E-state index contributed by atoms with van der Waals surface area (Å²) in [4.78, 5) is 12.7. The van der Waals surface area contributed by atoms with E-state index in [1.807, 2.05) is 44.2 Å². The molecule has 0 bridgehead atoms. The van der Waals surface area contributed by atoms with Gasteiger partial charge >= 0.3 is 0 Å². The first-order chi connectivity index (χ1) is 13.7. The van der Waals surface area contributed by atoms with Crippen LogP contribution < -0.4 is 5.32 Å². The molecule has 1 aliphatic rings. The molecule has 164 valence electrons. The van der Waals surface area contributed by atoms with Crippen molar-refractivity contribution in [1.82, 2.24) is 9.62 Å². The van der Waals surface area contributed by atoms with E-state index in [2.05, 4.69) is 5.32 Å². The fourth-order valence-electron chi connectivity index (χ4n) is 3.71. The standard InChI is InChI=1S/C22H36N2O4S/c1-4-5-15-29(27,28)24-13-11-20(12-14-24)21(26)23-17-22(3,18(2)25)16-19-9-7-6-8-10-19/h6-10,18,20,25H,4-5,11-17H2,1-3H3,(H,23,26)/t18-,22-/m0/s1. The van der Waals surface area contributed by atoms with E-state index in [4.69, 9.17) is 0 Å². The van der Waals surface area contributed by atoms with Gasteiger partial charge in [0.25, 0.3) is 0 Å². The van der Waals surface area contributed by atoms with Crippen molar-refractivity contribution in [2.24, 2.45) is 11.3 Å². The van der Waals surface area contributed by atoms with Crippen molar-refractivity contribution in [3.8, 4) is 0 Å². The Morgan fingerprint density at radius 2 is 1.90 bits per heavy atom. The molecule has 1 aromatic rings. The summed E-state index contributed by atoms with van der Waals surface area (Å²) in [5.74, 6) is -0.0368. The number of carbonyl (C=O) groups is 1. The maximum Gasteiger partial charge on any atom is 0.223 e. The number of nitrogens with one attached hydrogen (secondary N) is 1. The minimum Gasteiger partial charge on any atom is -0.393 e. The number of sulfonamides is 1. The van der Waals surface area contributed by atoms with E-state index in [-0.39, 0.29) is 17.6 Å². The monoisotopic (exact) mass is 424 g/mol. The average molecular weight is 425 g/mol. The number of hydrogen-bond acceptors (Lipinski definition) is 4. The summed E-state index contributed by atoms with van der Waals surface area (Å²) in [6.07, 6.45) is 2.70. The normalized spacial score (nSPS) is 19.4. The van der Waals surface area contributed by atoms with Crippen molar-refractivity contribution in [1.29, 1.82) is 0 Å². The van der Waals surface area contributed by atoms with Crippen molar-refractivity contribution in [3.05, 3.63) is 35.9 Å². The number of amides is 1. The molecule has 1 aromatic carbocycles. The molecule has 0 aliphatic carbocycles. The predicted octanol–water partition coefficient (Wildman–Crippen LogP) is 2.57. The first kappa shape index (κ1) is 23.8. The topological polar surface area (TPSA) is 86.7 Å². The van der Waals surface area contributed by atoms with Crippen LogP contribution >= 0.6 is 0 Å². The largest absolute Gasteiger partial charge is 0.393 e. The van der Waals surface area contributed by atoms with Crippen LogP contribution in [0.2, 0.25) is 0 Å². The highest BCUT2D eigenvalue weighted by Gasteiger charge is 2.34. The van der Waals surface area contributed by atoms with Crippen molar-refractivity contribution in [2.45, 2.75) is 59.0 Å². The van der Waals surface area contributed by atoms with Gasteiger partial charge in [-0.15, -0.1) is 0 Å².